The van der Waals surface area contributed by atoms with E-state index in [2.05, 4.69) is 48.1 Å². The molecule has 1 aromatic heterocycles. The lowest BCUT2D eigenvalue weighted by Crippen LogP contribution is -2.33. The molecule has 0 amide bonds. The summed E-state index contributed by atoms with van der Waals surface area (Å²) in [5, 5.41) is 3.41. The summed E-state index contributed by atoms with van der Waals surface area (Å²) in [6.07, 6.45) is 0. The van der Waals surface area contributed by atoms with Crippen LogP contribution in [0.15, 0.2) is 18.2 Å². The Morgan fingerprint density at radius 2 is 2.11 bits per heavy atom. The van der Waals surface area contributed by atoms with E-state index in [0.29, 0.717) is 5.92 Å². The molecular weight excluding hydrogens is 222 g/mol. The van der Waals surface area contributed by atoms with Crippen LogP contribution in [-0.2, 0) is 6.54 Å². The largest absolute Gasteiger partial charge is 0.317 e. The molecular formula is C15H27N3. The maximum atomic E-state index is 4.57. The van der Waals surface area contributed by atoms with Crippen molar-refractivity contribution in [1.82, 2.24) is 15.2 Å². The van der Waals surface area contributed by atoms with Crippen LogP contribution < -0.4 is 5.32 Å². The van der Waals surface area contributed by atoms with Crippen LogP contribution in [0.2, 0.25) is 0 Å². The molecule has 18 heavy (non-hydrogen) atoms. The van der Waals surface area contributed by atoms with Gasteiger partial charge in [-0.25, -0.2) is 0 Å². The molecule has 0 aliphatic rings. The van der Waals surface area contributed by atoms with Gasteiger partial charge in [-0.15, -0.1) is 0 Å². The molecule has 1 atom stereocenters. The van der Waals surface area contributed by atoms with Gasteiger partial charge in [0.05, 0.1) is 5.69 Å². The van der Waals surface area contributed by atoms with Crippen LogP contribution in [0.25, 0.3) is 0 Å². The van der Waals surface area contributed by atoms with Crippen molar-refractivity contribution < 1.29 is 0 Å². The van der Waals surface area contributed by atoms with E-state index in [1.807, 2.05) is 13.0 Å². The van der Waals surface area contributed by atoms with Gasteiger partial charge in [0.15, 0.2) is 0 Å². The van der Waals surface area contributed by atoms with Crippen LogP contribution in [0.5, 0.6) is 0 Å². The van der Waals surface area contributed by atoms with E-state index in [1.165, 1.54) is 5.69 Å². The van der Waals surface area contributed by atoms with E-state index in [0.717, 1.165) is 38.4 Å². The van der Waals surface area contributed by atoms with Crippen LogP contribution in [-0.4, -0.2) is 36.1 Å². The second-order valence-electron chi connectivity index (χ2n) is 5.01. The predicted octanol–water partition coefficient (Wildman–Crippen LogP) is 2.46. The zero-order chi connectivity index (χ0) is 13.4. The third-order valence-electron chi connectivity index (χ3n) is 3.09. The van der Waals surface area contributed by atoms with Crippen molar-refractivity contribution in [3.05, 3.63) is 29.6 Å². The lowest BCUT2D eigenvalue weighted by Gasteiger charge is -2.24. The first-order valence-electron chi connectivity index (χ1n) is 7.01. The van der Waals surface area contributed by atoms with Gasteiger partial charge in [-0.05, 0) is 44.6 Å². The van der Waals surface area contributed by atoms with Crippen molar-refractivity contribution in [3.63, 3.8) is 0 Å². The van der Waals surface area contributed by atoms with Gasteiger partial charge in [0, 0.05) is 18.8 Å². The van der Waals surface area contributed by atoms with Crippen molar-refractivity contribution in [2.24, 2.45) is 5.92 Å². The van der Waals surface area contributed by atoms with Gasteiger partial charge >= 0.3 is 0 Å². The van der Waals surface area contributed by atoms with E-state index < -0.39 is 0 Å². The normalized spacial score (nSPS) is 12.9. The number of rotatable bonds is 8. The highest BCUT2D eigenvalue weighted by Crippen LogP contribution is 2.06. The minimum atomic E-state index is 0.676. The number of nitrogens with zero attached hydrogens (tertiary/aromatic N) is 2. The number of pyridine rings is 1. The first-order chi connectivity index (χ1) is 8.65. The van der Waals surface area contributed by atoms with Crippen molar-refractivity contribution in [1.29, 1.82) is 0 Å². The summed E-state index contributed by atoms with van der Waals surface area (Å²) >= 11 is 0. The molecule has 1 rings (SSSR count). The second kappa shape index (κ2) is 8.22. The molecule has 0 fully saturated rings. The van der Waals surface area contributed by atoms with Crippen LogP contribution in [0.1, 0.15) is 32.2 Å². The first-order valence-corrected chi connectivity index (χ1v) is 7.01. The Morgan fingerprint density at radius 3 is 2.72 bits per heavy atom. The molecule has 3 nitrogen and oxygen atoms in total. The molecule has 1 unspecified atom stereocenters. The SMILES string of the molecule is CCNCC(C)CN(CC)Cc1cccc(C)n1. The topological polar surface area (TPSA) is 28.2 Å². The van der Waals surface area contributed by atoms with E-state index in [-0.39, 0.29) is 0 Å². The second-order valence-corrected chi connectivity index (χ2v) is 5.01. The predicted molar refractivity (Wildman–Crippen MR) is 77.6 cm³/mol. The number of hydrogen-bond donors (Lipinski definition) is 1. The molecule has 1 N–H and O–H groups in total. The third kappa shape index (κ3) is 5.61. The molecule has 0 spiro atoms. The van der Waals surface area contributed by atoms with Gasteiger partial charge in [-0.1, -0.05) is 26.8 Å². The van der Waals surface area contributed by atoms with Crippen LogP contribution in [0, 0.1) is 12.8 Å². The summed E-state index contributed by atoms with van der Waals surface area (Å²) in [5.74, 6) is 0.676. The number of aryl methyl sites for hydroxylation is 1. The lowest BCUT2D eigenvalue weighted by atomic mass is 10.1. The lowest BCUT2D eigenvalue weighted by molar-refractivity contribution is 0.235. The molecule has 102 valence electrons. The Morgan fingerprint density at radius 1 is 1.33 bits per heavy atom. The summed E-state index contributed by atoms with van der Waals surface area (Å²) in [5.41, 5.74) is 2.27. The quantitative estimate of drug-likeness (QED) is 0.767. The summed E-state index contributed by atoms with van der Waals surface area (Å²) in [6, 6.07) is 6.26. The minimum absolute atomic E-state index is 0.676. The highest BCUT2D eigenvalue weighted by molar-refractivity contribution is 5.09. The summed E-state index contributed by atoms with van der Waals surface area (Å²) in [4.78, 5) is 7.04. The van der Waals surface area contributed by atoms with Gasteiger partial charge in [0.2, 0.25) is 0 Å². The zero-order valence-electron chi connectivity index (χ0n) is 12.2. The average molecular weight is 249 g/mol. The van der Waals surface area contributed by atoms with Crippen molar-refractivity contribution >= 4 is 0 Å². The average Bonchev–Trinajstić information content (AvgIpc) is 2.35. The standard InChI is InChI=1S/C15H27N3/c1-5-16-10-13(3)11-18(6-2)12-15-9-7-8-14(4)17-15/h7-9,13,16H,5-6,10-12H2,1-4H3. The van der Waals surface area contributed by atoms with Crippen LogP contribution in [0.4, 0.5) is 0 Å². The number of aromatic nitrogens is 1. The fourth-order valence-electron chi connectivity index (χ4n) is 2.12. The Hall–Kier alpha value is -0.930. The first kappa shape index (κ1) is 15.1. The Bertz CT molecular complexity index is 338. The van der Waals surface area contributed by atoms with Crippen molar-refractivity contribution in [3.8, 4) is 0 Å². The third-order valence-corrected chi connectivity index (χ3v) is 3.09. The number of nitrogens with one attached hydrogen (secondary N) is 1. The Labute approximate surface area is 112 Å². The van der Waals surface area contributed by atoms with Gasteiger partial charge < -0.3 is 5.32 Å². The van der Waals surface area contributed by atoms with Crippen molar-refractivity contribution in [2.45, 2.75) is 34.2 Å². The molecule has 3 heteroatoms. The molecule has 1 aromatic rings. The van der Waals surface area contributed by atoms with Gasteiger partial charge in [-0.3, -0.25) is 9.88 Å². The summed E-state index contributed by atoms with van der Waals surface area (Å²) in [6.45, 7) is 14.0. The Balaban J connectivity index is 2.46. The smallest absolute Gasteiger partial charge is 0.0547 e. The molecule has 1 heterocycles. The molecule has 0 aliphatic heterocycles. The molecule has 0 aromatic carbocycles. The van der Waals surface area contributed by atoms with E-state index in [9.17, 15) is 0 Å². The monoisotopic (exact) mass is 249 g/mol. The fourth-order valence-corrected chi connectivity index (χ4v) is 2.12. The molecule has 0 radical (unpaired) electrons. The molecule has 0 bridgehead atoms. The fraction of sp³-hybridized carbons (Fsp3) is 0.667. The number of hydrogen-bond acceptors (Lipinski definition) is 3. The van der Waals surface area contributed by atoms with E-state index in [1.54, 1.807) is 0 Å². The highest BCUT2D eigenvalue weighted by atomic mass is 15.1. The highest BCUT2D eigenvalue weighted by Gasteiger charge is 2.09. The molecule has 0 aliphatic carbocycles. The van der Waals surface area contributed by atoms with Crippen LogP contribution >= 0.6 is 0 Å². The molecule has 0 saturated carbocycles. The maximum Gasteiger partial charge on any atom is 0.0547 e. The molecule has 0 saturated heterocycles. The van der Waals surface area contributed by atoms with Crippen molar-refractivity contribution in [2.75, 3.05) is 26.2 Å². The minimum Gasteiger partial charge on any atom is -0.317 e. The van der Waals surface area contributed by atoms with E-state index >= 15 is 0 Å². The maximum absolute atomic E-state index is 4.57. The van der Waals surface area contributed by atoms with Crippen LogP contribution in [0.3, 0.4) is 0 Å². The van der Waals surface area contributed by atoms with Gasteiger partial charge in [0.1, 0.15) is 0 Å². The Kier molecular flexibility index (Phi) is 6.91. The van der Waals surface area contributed by atoms with E-state index in [4.69, 9.17) is 0 Å². The van der Waals surface area contributed by atoms with Gasteiger partial charge in [-0.2, -0.15) is 0 Å². The zero-order valence-corrected chi connectivity index (χ0v) is 12.2. The van der Waals surface area contributed by atoms with Gasteiger partial charge in [0.25, 0.3) is 0 Å². The summed E-state index contributed by atoms with van der Waals surface area (Å²) < 4.78 is 0. The summed E-state index contributed by atoms with van der Waals surface area (Å²) in [7, 11) is 0.